The fourth-order valence-electron chi connectivity index (χ4n) is 3.54. The lowest BCUT2D eigenvalue weighted by Crippen LogP contribution is -2.32. The van der Waals surface area contributed by atoms with E-state index in [1.165, 1.54) is 64.2 Å². The van der Waals surface area contributed by atoms with Gasteiger partial charge in [-0.25, -0.2) is 0 Å². The van der Waals surface area contributed by atoms with Gasteiger partial charge in [0.15, 0.2) is 0 Å². The van der Waals surface area contributed by atoms with E-state index in [1.54, 1.807) is 0 Å². The summed E-state index contributed by atoms with van der Waals surface area (Å²) in [7, 11) is 0. The molecule has 1 nitrogen and oxygen atoms in total. The Kier molecular flexibility index (Phi) is 4.18. The van der Waals surface area contributed by atoms with E-state index in [0.29, 0.717) is 11.5 Å². The topological polar surface area (TPSA) is 12.5 Å². The normalized spacial score (nSPS) is 36.5. The molecule has 0 N–H and O–H groups in total. The van der Waals surface area contributed by atoms with Crippen molar-refractivity contribution in [3.05, 3.63) is 0 Å². The molecule has 0 spiro atoms. The van der Waals surface area contributed by atoms with Crippen molar-refractivity contribution in [2.45, 2.75) is 96.7 Å². The van der Waals surface area contributed by atoms with E-state index in [-0.39, 0.29) is 5.60 Å². The third-order valence-electron chi connectivity index (χ3n) is 4.85. The molecule has 1 aliphatic heterocycles. The highest BCUT2D eigenvalue weighted by atomic mass is 16.6. The lowest BCUT2D eigenvalue weighted by molar-refractivity contribution is 0.141. The summed E-state index contributed by atoms with van der Waals surface area (Å²) in [5.74, 6) is 0. The van der Waals surface area contributed by atoms with Crippen LogP contribution in [0, 0.1) is 5.41 Å². The number of hydrogen-bond acceptors (Lipinski definition) is 1. The zero-order valence-corrected chi connectivity index (χ0v) is 12.1. The summed E-state index contributed by atoms with van der Waals surface area (Å²) >= 11 is 0. The van der Waals surface area contributed by atoms with Crippen molar-refractivity contribution in [2.75, 3.05) is 0 Å². The third-order valence-corrected chi connectivity index (χ3v) is 4.85. The fraction of sp³-hybridized carbons (Fsp3) is 1.00. The van der Waals surface area contributed by atoms with Crippen LogP contribution in [0.1, 0.15) is 85.0 Å². The van der Waals surface area contributed by atoms with Crippen LogP contribution >= 0.6 is 0 Å². The van der Waals surface area contributed by atoms with E-state index >= 15 is 0 Å². The zero-order valence-electron chi connectivity index (χ0n) is 12.1. The minimum Gasteiger partial charge on any atom is -0.365 e. The van der Waals surface area contributed by atoms with Crippen molar-refractivity contribution in [3.63, 3.8) is 0 Å². The highest BCUT2D eigenvalue weighted by Crippen LogP contribution is 2.55. The second-order valence-corrected chi connectivity index (χ2v) is 7.11. The predicted octanol–water partition coefficient (Wildman–Crippen LogP) is 5.08. The van der Waals surface area contributed by atoms with Crippen LogP contribution in [-0.4, -0.2) is 11.7 Å². The van der Waals surface area contributed by atoms with Crippen molar-refractivity contribution < 1.29 is 4.74 Å². The monoisotopic (exact) mass is 238 g/mol. The van der Waals surface area contributed by atoms with E-state index in [2.05, 4.69) is 20.8 Å². The van der Waals surface area contributed by atoms with E-state index in [1.807, 2.05) is 0 Å². The Bertz CT molecular complexity index is 240. The van der Waals surface area contributed by atoms with Crippen LogP contribution in [0.25, 0.3) is 0 Å². The van der Waals surface area contributed by atoms with Crippen LogP contribution in [0.4, 0.5) is 0 Å². The highest BCUT2D eigenvalue weighted by Gasteiger charge is 2.61. The summed E-state index contributed by atoms with van der Waals surface area (Å²) in [6.07, 6.45) is 14.5. The molecular formula is C16H30O. The quantitative estimate of drug-likeness (QED) is 0.536. The average Bonchev–Trinajstić information content (AvgIpc) is 2.92. The largest absolute Gasteiger partial charge is 0.365 e. The molecule has 17 heavy (non-hydrogen) atoms. The summed E-state index contributed by atoms with van der Waals surface area (Å²) in [4.78, 5) is 0. The number of fused-ring (bicyclic) bond motifs is 1. The number of epoxide rings is 1. The molecule has 1 saturated carbocycles. The van der Waals surface area contributed by atoms with Crippen LogP contribution in [0.5, 0.6) is 0 Å². The highest BCUT2D eigenvalue weighted by molar-refractivity contribution is 5.09. The van der Waals surface area contributed by atoms with Crippen molar-refractivity contribution in [1.82, 2.24) is 0 Å². The SMILES string of the molecule is CC(C)(C)C12CCCCCCCCCCC1O2. The lowest BCUT2D eigenvalue weighted by atomic mass is 9.74. The molecule has 1 heterocycles. The molecule has 0 amide bonds. The fourth-order valence-corrected chi connectivity index (χ4v) is 3.54. The molecule has 1 heteroatoms. The zero-order chi connectivity index (χ0) is 12.4. The van der Waals surface area contributed by atoms with Crippen LogP contribution in [0.15, 0.2) is 0 Å². The molecule has 2 fully saturated rings. The molecule has 0 aromatic heterocycles. The van der Waals surface area contributed by atoms with Gasteiger partial charge in [-0.05, 0) is 18.3 Å². The number of hydrogen-bond donors (Lipinski definition) is 0. The van der Waals surface area contributed by atoms with Gasteiger partial charge in [-0.3, -0.25) is 0 Å². The second-order valence-electron chi connectivity index (χ2n) is 7.11. The van der Waals surface area contributed by atoms with E-state index < -0.39 is 0 Å². The van der Waals surface area contributed by atoms with E-state index in [9.17, 15) is 0 Å². The third kappa shape index (κ3) is 3.05. The first kappa shape index (κ1) is 13.4. The molecule has 0 aromatic rings. The molecule has 100 valence electrons. The molecule has 0 bridgehead atoms. The standard InChI is InChI=1S/C16H30O/c1-15(2,3)16-13-11-9-7-5-4-6-8-10-12-14(16)17-16/h14H,4-13H2,1-3H3. The van der Waals surface area contributed by atoms with Crippen LogP contribution in [0.2, 0.25) is 0 Å². The average molecular weight is 238 g/mol. The van der Waals surface area contributed by atoms with Crippen LogP contribution in [0.3, 0.4) is 0 Å². The Hall–Kier alpha value is -0.0400. The Morgan fingerprint density at radius 3 is 1.94 bits per heavy atom. The first-order valence-corrected chi connectivity index (χ1v) is 7.74. The Balaban J connectivity index is 1.93. The molecule has 0 radical (unpaired) electrons. The first-order valence-electron chi connectivity index (χ1n) is 7.74. The van der Waals surface area contributed by atoms with Crippen molar-refractivity contribution in [3.8, 4) is 0 Å². The van der Waals surface area contributed by atoms with Gasteiger partial charge >= 0.3 is 0 Å². The van der Waals surface area contributed by atoms with Gasteiger partial charge in [-0.2, -0.15) is 0 Å². The Morgan fingerprint density at radius 1 is 0.824 bits per heavy atom. The van der Waals surface area contributed by atoms with E-state index in [4.69, 9.17) is 4.74 Å². The minimum atomic E-state index is 0.228. The van der Waals surface area contributed by atoms with Gasteiger partial charge in [-0.15, -0.1) is 0 Å². The molecule has 2 atom stereocenters. The second kappa shape index (κ2) is 5.30. The maximum absolute atomic E-state index is 6.18. The van der Waals surface area contributed by atoms with Crippen LogP contribution < -0.4 is 0 Å². The lowest BCUT2D eigenvalue weighted by Gasteiger charge is -2.29. The van der Waals surface area contributed by atoms with Crippen LogP contribution in [-0.2, 0) is 4.74 Å². The van der Waals surface area contributed by atoms with Gasteiger partial charge < -0.3 is 4.74 Å². The number of ether oxygens (including phenoxy) is 1. The van der Waals surface area contributed by atoms with Crippen molar-refractivity contribution >= 4 is 0 Å². The van der Waals surface area contributed by atoms with Crippen molar-refractivity contribution in [1.29, 1.82) is 0 Å². The molecule has 2 rings (SSSR count). The maximum Gasteiger partial charge on any atom is 0.0996 e. The van der Waals surface area contributed by atoms with Gasteiger partial charge in [0.25, 0.3) is 0 Å². The van der Waals surface area contributed by atoms with Gasteiger partial charge in [0, 0.05) is 0 Å². The summed E-state index contributed by atoms with van der Waals surface area (Å²) in [5.41, 5.74) is 0.550. The van der Waals surface area contributed by atoms with E-state index in [0.717, 1.165) is 0 Å². The molecule has 1 saturated heterocycles. The van der Waals surface area contributed by atoms with Gasteiger partial charge in [0.05, 0.1) is 11.7 Å². The summed E-state index contributed by atoms with van der Waals surface area (Å²) in [6.45, 7) is 7.08. The van der Waals surface area contributed by atoms with Gasteiger partial charge in [-0.1, -0.05) is 72.1 Å². The molecule has 2 unspecified atom stereocenters. The smallest absolute Gasteiger partial charge is 0.0996 e. The molecule has 0 aromatic carbocycles. The van der Waals surface area contributed by atoms with Gasteiger partial charge in [0.1, 0.15) is 0 Å². The first-order chi connectivity index (χ1) is 8.06. The molecule has 2 aliphatic rings. The predicted molar refractivity (Wildman–Crippen MR) is 73.2 cm³/mol. The Labute approximate surface area is 107 Å². The maximum atomic E-state index is 6.18. The summed E-state index contributed by atoms with van der Waals surface area (Å²) in [5, 5.41) is 0. The summed E-state index contributed by atoms with van der Waals surface area (Å²) in [6, 6.07) is 0. The molecule has 1 aliphatic carbocycles. The number of rotatable bonds is 0. The molecular weight excluding hydrogens is 208 g/mol. The Morgan fingerprint density at radius 2 is 1.35 bits per heavy atom. The summed E-state index contributed by atoms with van der Waals surface area (Å²) < 4.78 is 6.18. The minimum absolute atomic E-state index is 0.228. The van der Waals surface area contributed by atoms with Gasteiger partial charge in [0.2, 0.25) is 0 Å². The van der Waals surface area contributed by atoms with Crippen molar-refractivity contribution in [2.24, 2.45) is 5.41 Å².